The third-order valence-corrected chi connectivity index (χ3v) is 10.6. The van der Waals surface area contributed by atoms with E-state index in [1.165, 1.54) is 55.1 Å². The van der Waals surface area contributed by atoms with Gasteiger partial charge in [-0.25, -0.2) is 0 Å². The molecule has 17 heavy (non-hydrogen) atoms. The maximum absolute atomic E-state index is 2.47. The first-order valence-electron chi connectivity index (χ1n) is 6.74. The van der Waals surface area contributed by atoms with Gasteiger partial charge in [0.25, 0.3) is 0 Å². The Hall–Kier alpha value is 1.40. The number of rotatable bonds is 6. The first kappa shape index (κ1) is 14.8. The zero-order valence-electron chi connectivity index (χ0n) is 11.0. The van der Waals surface area contributed by atoms with Crippen LogP contribution in [0.2, 0.25) is 0 Å². The minimum atomic E-state index is 0.531. The monoisotopic (exact) mass is 308 g/mol. The van der Waals surface area contributed by atoms with Gasteiger partial charge in [-0.3, -0.25) is 0 Å². The van der Waals surface area contributed by atoms with Crippen LogP contribution < -0.4 is 0 Å². The number of hydrogen-bond acceptors (Lipinski definition) is 4. The van der Waals surface area contributed by atoms with Crippen molar-refractivity contribution < 1.29 is 0 Å². The standard InChI is InChI=1S/C13H24S4/c1-3-4-5-13(16-10-11-17-13)7-6-12(2)14-8-9-15-12/h3-11H2,1-2H3. The summed E-state index contributed by atoms with van der Waals surface area (Å²) in [6.07, 6.45) is 7.04. The van der Waals surface area contributed by atoms with Crippen LogP contribution in [0.5, 0.6) is 0 Å². The van der Waals surface area contributed by atoms with Crippen LogP contribution in [0.15, 0.2) is 0 Å². The minimum Gasteiger partial charge on any atom is -0.144 e. The third kappa shape index (κ3) is 4.19. The average molecular weight is 309 g/mol. The van der Waals surface area contributed by atoms with Crippen LogP contribution in [0.25, 0.3) is 0 Å². The molecule has 2 aliphatic heterocycles. The quantitative estimate of drug-likeness (QED) is 0.650. The molecular weight excluding hydrogens is 284 g/mol. The molecule has 0 aromatic heterocycles. The number of hydrogen-bond donors (Lipinski definition) is 0. The van der Waals surface area contributed by atoms with E-state index >= 15 is 0 Å². The van der Waals surface area contributed by atoms with Crippen molar-refractivity contribution in [2.45, 2.75) is 54.1 Å². The largest absolute Gasteiger partial charge is 0.144 e. The van der Waals surface area contributed by atoms with Gasteiger partial charge in [-0.1, -0.05) is 19.8 Å². The Balaban J connectivity index is 1.84. The Morgan fingerprint density at radius 2 is 1.41 bits per heavy atom. The molecule has 2 fully saturated rings. The van der Waals surface area contributed by atoms with Crippen LogP contribution in [-0.2, 0) is 0 Å². The lowest BCUT2D eigenvalue weighted by molar-refractivity contribution is 0.582. The van der Waals surface area contributed by atoms with Crippen LogP contribution in [-0.4, -0.2) is 31.2 Å². The highest BCUT2D eigenvalue weighted by molar-refractivity contribution is 8.21. The van der Waals surface area contributed by atoms with Crippen LogP contribution in [0.4, 0.5) is 0 Å². The van der Waals surface area contributed by atoms with E-state index in [2.05, 4.69) is 60.9 Å². The third-order valence-electron chi connectivity index (χ3n) is 3.58. The van der Waals surface area contributed by atoms with Crippen LogP contribution in [0.3, 0.4) is 0 Å². The molecule has 0 atom stereocenters. The molecule has 0 nitrogen and oxygen atoms in total. The summed E-state index contributed by atoms with van der Waals surface area (Å²) < 4.78 is 1.12. The van der Waals surface area contributed by atoms with Gasteiger partial charge in [0.15, 0.2) is 0 Å². The summed E-state index contributed by atoms with van der Waals surface area (Å²) in [7, 11) is 0. The Kier molecular flexibility index (Phi) is 5.85. The molecule has 0 bridgehead atoms. The molecule has 0 radical (unpaired) electrons. The lowest BCUT2D eigenvalue weighted by Gasteiger charge is -2.31. The van der Waals surface area contributed by atoms with Crippen molar-refractivity contribution in [1.82, 2.24) is 0 Å². The van der Waals surface area contributed by atoms with Gasteiger partial charge in [0.2, 0.25) is 0 Å². The molecule has 0 saturated carbocycles. The maximum Gasteiger partial charge on any atom is 0.0612 e. The van der Waals surface area contributed by atoms with Gasteiger partial charge in [0, 0.05) is 23.0 Å². The molecule has 0 N–H and O–H groups in total. The topological polar surface area (TPSA) is 0 Å². The van der Waals surface area contributed by atoms with Crippen molar-refractivity contribution in [1.29, 1.82) is 0 Å². The van der Waals surface area contributed by atoms with Gasteiger partial charge in [0.05, 0.1) is 8.16 Å². The van der Waals surface area contributed by atoms with Gasteiger partial charge in [-0.15, -0.1) is 47.0 Å². The van der Waals surface area contributed by atoms with E-state index in [0.717, 1.165) is 0 Å². The fourth-order valence-electron chi connectivity index (χ4n) is 2.48. The second-order valence-corrected chi connectivity index (χ2v) is 11.7. The van der Waals surface area contributed by atoms with E-state index in [1.807, 2.05) is 0 Å². The van der Waals surface area contributed by atoms with E-state index in [4.69, 9.17) is 0 Å². The second kappa shape index (κ2) is 6.71. The molecule has 100 valence electrons. The van der Waals surface area contributed by atoms with Gasteiger partial charge in [-0.05, 0) is 26.2 Å². The van der Waals surface area contributed by atoms with Crippen molar-refractivity contribution in [3.8, 4) is 0 Å². The molecular formula is C13H24S4. The van der Waals surface area contributed by atoms with Crippen LogP contribution in [0.1, 0.15) is 46.0 Å². The molecule has 0 unspecified atom stereocenters. The Bertz CT molecular complexity index is 230. The molecule has 2 heterocycles. The van der Waals surface area contributed by atoms with E-state index in [-0.39, 0.29) is 0 Å². The predicted octanol–water partition coefficient (Wildman–Crippen LogP) is 5.33. The zero-order valence-corrected chi connectivity index (χ0v) is 14.3. The summed E-state index contributed by atoms with van der Waals surface area (Å²) in [4.78, 5) is 0. The smallest absolute Gasteiger partial charge is 0.0612 e. The van der Waals surface area contributed by atoms with Gasteiger partial charge >= 0.3 is 0 Å². The fourth-order valence-corrected chi connectivity index (χ4v) is 8.65. The summed E-state index contributed by atoms with van der Waals surface area (Å²) in [5, 5.41) is 0. The van der Waals surface area contributed by atoms with Gasteiger partial charge in [0.1, 0.15) is 0 Å². The maximum atomic E-state index is 2.47. The summed E-state index contributed by atoms with van der Waals surface area (Å²) in [6, 6.07) is 0. The van der Waals surface area contributed by atoms with Crippen molar-refractivity contribution in [2.24, 2.45) is 0 Å². The summed E-state index contributed by atoms with van der Waals surface area (Å²) in [6.45, 7) is 4.79. The van der Waals surface area contributed by atoms with E-state index < -0.39 is 0 Å². The molecule has 2 aliphatic rings. The van der Waals surface area contributed by atoms with Crippen molar-refractivity contribution in [3.05, 3.63) is 0 Å². The lowest BCUT2D eigenvalue weighted by atomic mass is 10.1. The molecule has 0 aromatic rings. The number of thioether (sulfide) groups is 4. The first-order chi connectivity index (χ1) is 8.18. The highest BCUT2D eigenvalue weighted by Gasteiger charge is 2.38. The van der Waals surface area contributed by atoms with Crippen LogP contribution >= 0.6 is 47.0 Å². The second-order valence-electron chi connectivity index (χ2n) is 5.04. The minimum absolute atomic E-state index is 0.531. The summed E-state index contributed by atoms with van der Waals surface area (Å²) >= 11 is 8.90. The Morgan fingerprint density at radius 1 is 0.824 bits per heavy atom. The average Bonchev–Trinajstić information content (AvgIpc) is 2.95. The van der Waals surface area contributed by atoms with E-state index in [9.17, 15) is 0 Å². The number of unbranched alkanes of at least 4 members (excludes halogenated alkanes) is 1. The molecule has 4 heteroatoms. The Morgan fingerprint density at radius 3 is 2.00 bits per heavy atom. The molecule has 0 spiro atoms. The lowest BCUT2D eigenvalue weighted by Crippen LogP contribution is -2.22. The van der Waals surface area contributed by atoms with Crippen LogP contribution in [0, 0.1) is 0 Å². The molecule has 2 rings (SSSR count). The van der Waals surface area contributed by atoms with E-state index in [1.54, 1.807) is 0 Å². The van der Waals surface area contributed by atoms with Crippen molar-refractivity contribution in [3.63, 3.8) is 0 Å². The summed E-state index contributed by atoms with van der Waals surface area (Å²) in [5.74, 6) is 5.49. The predicted molar refractivity (Wildman–Crippen MR) is 89.7 cm³/mol. The highest BCUT2D eigenvalue weighted by Crippen LogP contribution is 2.54. The van der Waals surface area contributed by atoms with Gasteiger partial charge in [-0.2, -0.15) is 0 Å². The summed E-state index contributed by atoms with van der Waals surface area (Å²) in [5.41, 5.74) is 0. The fraction of sp³-hybridized carbons (Fsp3) is 1.00. The molecule has 0 aromatic carbocycles. The Labute approximate surface area is 124 Å². The first-order valence-corrected chi connectivity index (χ1v) is 10.7. The molecule has 0 aliphatic carbocycles. The molecule has 0 amide bonds. The zero-order chi connectivity index (χ0) is 12.2. The SMILES string of the molecule is CCCCC1(CCC2(C)SCCS2)SCCS1. The van der Waals surface area contributed by atoms with Crippen molar-refractivity contribution >= 4 is 47.0 Å². The van der Waals surface area contributed by atoms with Crippen molar-refractivity contribution in [2.75, 3.05) is 23.0 Å². The highest BCUT2D eigenvalue weighted by atomic mass is 32.2. The van der Waals surface area contributed by atoms with E-state index in [0.29, 0.717) is 8.16 Å². The normalized spacial score (nSPS) is 26.5. The van der Waals surface area contributed by atoms with Gasteiger partial charge < -0.3 is 0 Å². The molecule has 2 saturated heterocycles.